The topological polar surface area (TPSA) is 22.1 Å². The van der Waals surface area contributed by atoms with Gasteiger partial charge in [-0.3, -0.25) is 4.98 Å². The van der Waals surface area contributed by atoms with E-state index >= 15 is 0 Å². The molecule has 0 aliphatic rings. The summed E-state index contributed by atoms with van der Waals surface area (Å²) < 4.78 is 31.9. The van der Waals surface area contributed by atoms with E-state index in [0.717, 1.165) is 17.8 Å². The summed E-state index contributed by atoms with van der Waals surface area (Å²) in [6, 6.07) is 3.83. The fourth-order valence-electron chi connectivity index (χ4n) is 1.61. The molecule has 0 aliphatic carbocycles. The van der Waals surface area contributed by atoms with E-state index in [1.807, 2.05) is 6.92 Å². The molecule has 0 spiro atoms. The molecule has 2 aromatic rings. The third kappa shape index (κ3) is 3.01. The average molecular weight is 284 g/mol. The summed E-state index contributed by atoms with van der Waals surface area (Å²) >= 11 is 5.79. The van der Waals surface area contributed by atoms with Crippen LogP contribution in [0.1, 0.15) is 16.8 Å². The van der Waals surface area contributed by atoms with Gasteiger partial charge in [0.05, 0.1) is 5.88 Å². The van der Waals surface area contributed by atoms with E-state index < -0.39 is 11.6 Å². The summed E-state index contributed by atoms with van der Waals surface area (Å²) in [7, 11) is 0. The van der Waals surface area contributed by atoms with Crippen molar-refractivity contribution in [2.24, 2.45) is 0 Å². The van der Waals surface area contributed by atoms with Gasteiger partial charge in [0.25, 0.3) is 0 Å². The lowest BCUT2D eigenvalue weighted by molar-refractivity contribution is 0.454. The average Bonchev–Trinajstić information content (AvgIpc) is 2.36. The van der Waals surface area contributed by atoms with E-state index in [1.165, 1.54) is 0 Å². The molecule has 0 saturated carbocycles. The van der Waals surface area contributed by atoms with Gasteiger partial charge in [0.15, 0.2) is 11.6 Å². The molecule has 19 heavy (non-hydrogen) atoms. The normalized spacial score (nSPS) is 10.6. The first-order valence-electron chi connectivity index (χ1n) is 5.66. The van der Waals surface area contributed by atoms with Crippen molar-refractivity contribution in [3.63, 3.8) is 0 Å². The van der Waals surface area contributed by atoms with E-state index in [1.54, 1.807) is 19.2 Å². The molecule has 2 rings (SSSR count). The first-order valence-corrected chi connectivity index (χ1v) is 6.19. The van der Waals surface area contributed by atoms with Gasteiger partial charge in [-0.15, -0.1) is 11.6 Å². The van der Waals surface area contributed by atoms with E-state index in [0.29, 0.717) is 16.9 Å². The molecule has 1 aromatic heterocycles. The number of rotatable bonds is 3. The highest BCUT2D eigenvalue weighted by atomic mass is 35.5. The van der Waals surface area contributed by atoms with Crippen molar-refractivity contribution in [2.45, 2.75) is 19.7 Å². The SMILES string of the molecule is Cc1cc(Oc2cc(F)c(F)cc2C)c(CCl)cn1. The van der Waals surface area contributed by atoms with Gasteiger partial charge < -0.3 is 4.74 Å². The second-order valence-corrected chi connectivity index (χ2v) is 4.47. The van der Waals surface area contributed by atoms with Gasteiger partial charge in [-0.05, 0) is 25.5 Å². The van der Waals surface area contributed by atoms with Crippen LogP contribution in [-0.4, -0.2) is 4.98 Å². The minimum absolute atomic E-state index is 0.228. The number of hydrogen-bond acceptors (Lipinski definition) is 2. The zero-order chi connectivity index (χ0) is 14.0. The molecule has 1 aromatic carbocycles. The Hall–Kier alpha value is -1.68. The van der Waals surface area contributed by atoms with Crippen LogP contribution in [0.5, 0.6) is 11.5 Å². The third-order valence-electron chi connectivity index (χ3n) is 2.66. The number of benzene rings is 1. The van der Waals surface area contributed by atoms with Crippen LogP contribution >= 0.6 is 11.6 Å². The Bertz CT molecular complexity index is 617. The van der Waals surface area contributed by atoms with E-state index in [4.69, 9.17) is 16.3 Å². The Labute approximate surface area is 115 Å². The zero-order valence-corrected chi connectivity index (χ0v) is 11.3. The van der Waals surface area contributed by atoms with Crippen LogP contribution in [0.15, 0.2) is 24.4 Å². The van der Waals surface area contributed by atoms with Gasteiger partial charge in [-0.25, -0.2) is 8.78 Å². The molecule has 0 N–H and O–H groups in total. The predicted octanol–water partition coefficient (Wildman–Crippen LogP) is 4.51. The molecule has 0 saturated heterocycles. The van der Waals surface area contributed by atoms with Crippen LogP contribution in [0.2, 0.25) is 0 Å². The lowest BCUT2D eigenvalue weighted by Crippen LogP contribution is -1.96. The molecular formula is C14H12ClF2NO. The molecule has 0 amide bonds. The summed E-state index contributed by atoms with van der Waals surface area (Å²) in [5, 5.41) is 0. The molecule has 5 heteroatoms. The van der Waals surface area contributed by atoms with Crippen LogP contribution in [0.25, 0.3) is 0 Å². The number of ether oxygens (including phenoxy) is 1. The fourth-order valence-corrected chi connectivity index (χ4v) is 1.82. The highest BCUT2D eigenvalue weighted by Crippen LogP contribution is 2.30. The first-order chi connectivity index (χ1) is 9.01. The summed E-state index contributed by atoms with van der Waals surface area (Å²) in [6.07, 6.45) is 1.60. The second-order valence-electron chi connectivity index (χ2n) is 4.20. The van der Waals surface area contributed by atoms with E-state index in [9.17, 15) is 8.78 Å². The number of pyridine rings is 1. The minimum atomic E-state index is -0.946. The molecule has 2 nitrogen and oxygen atoms in total. The number of aryl methyl sites for hydroxylation is 2. The predicted molar refractivity (Wildman–Crippen MR) is 69.7 cm³/mol. The smallest absolute Gasteiger partial charge is 0.162 e. The monoisotopic (exact) mass is 283 g/mol. The molecular weight excluding hydrogens is 272 g/mol. The minimum Gasteiger partial charge on any atom is -0.457 e. The highest BCUT2D eigenvalue weighted by molar-refractivity contribution is 6.17. The molecule has 0 fully saturated rings. The zero-order valence-electron chi connectivity index (χ0n) is 10.5. The van der Waals surface area contributed by atoms with E-state index in [-0.39, 0.29) is 11.6 Å². The second kappa shape index (κ2) is 5.53. The third-order valence-corrected chi connectivity index (χ3v) is 2.95. The molecule has 0 bridgehead atoms. The summed E-state index contributed by atoms with van der Waals surface area (Å²) in [4.78, 5) is 4.11. The van der Waals surface area contributed by atoms with Crippen molar-refractivity contribution >= 4 is 11.6 Å². The van der Waals surface area contributed by atoms with Gasteiger partial charge in [0, 0.05) is 29.6 Å². The molecule has 1 heterocycles. The number of aromatic nitrogens is 1. The van der Waals surface area contributed by atoms with Crippen LogP contribution in [-0.2, 0) is 5.88 Å². The van der Waals surface area contributed by atoms with Crippen LogP contribution in [0.4, 0.5) is 8.78 Å². The fraction of sp³-hybridized carbons (Fsp3) is 0.214. The van der Waals surface area contributed by atoms with Gasteiger partial charge in [-0.2, -0.15) is 0 Å². The van der Waals surface area contributed by atoms with Crippen molar-refractivity contribution in [1.82, 2.24) is 4.98 Å². The van der Waals surface area contributed by atoms with Gasteiger partial charge in [0.1, 0.15) is 11.5 Å². The lowest BCUT2D eigenvalue weighted by Gasteiger charge is -2.12. The lowest BCUT2D eigenvalue weighted by atomic mass is 10.2. The maximum absolute atomic E-state index is 13.2. The summed E-state index contributed by atoms with van der Waals surface area (Å²) in [6.45, 7) is 3.45. The van der Waals surface area contributed by atoms with Crippen LogP contribution in [0.3, 0.4) is 0 Å². The molecule has 0 unspecified atom stereocenters. The van der Waals surface area contributed by atoms with Crippen molar-refractivity contribution in [3.05, 3.63) is 52.9 Å². The largest absolute Gasteiger partial charge is 0.457 e. The van der Waals surface area contributed by atoms with Gasteiger partial charge in [-0.1, -0.05) is 0 Å². The summed E-state index contributed by atoms with van der Waals surface area (Å²) in [5.41, 5.74) is 1.95. The van der Waals surface area contributed by atoms with E-state index in [2.05, 4.69) is 4.98 Å². The molecule has 0 atom stereocenters. The molecule has 0 radical (unpaired) electrons. The van der Waals surface area contributed by atoms with Crippen molar-refractivity contribution < 1.29 is 13.5 Å². The Balaban J connectivity index is 2.41. The Kier molecular flexibility index (Phi) is 4.00. The van der Waals surface area contributed by atoms with Crippen LogP contribution < -0.4 is 4.74 Å². The number of alkyl halides is 1. The van der Waals surface area contributed by atoms with Crippen molar-refractivity contribution in [3.8, 4) is 11.5 Å². The molecule has 100 valence electrons. The van der Waals surface area contributed by atoms with Gasteiger partial charge in [0.2, 0.25) is 0 Å². The Morgan fingerprint density at radius 2 is 1.79 bits per heavy atom. The highest BCUT2D eigenvalue weighted by Gasteiger charge is 2.11. The van der Waals surface area contributed by atoms with Crippen molar-refractivity contribution in [2.75, 3.05) is 0 Å². The Morgan fingerprint density at radius 1 is 1.11 bits per heavy atom. The van der Waals surface area contributed by atoms with Crippen molar-refractivity contribution in [1.29, 1.82) is 0 Å². The maximum atomic E-state index is 13.2. The molecule has 0 aliphatic heterocycles. The van der Waals surface area contributed by atoms with Crippen LogP contribution in [0, 0.1) is 25.5 Å². The quantitative estimate of drug-likeness (QED) is 0.773. The van der Waals surface area contributed by atoms with Gasteiger partial charge >= 0.3 is 0 Å². The maximum Gasteiger partial charge on any atom is 0.162 e. The number of hydrogen-bond donors (Lipinski definition) is 0. The number of halogens is 3. The standard InChI is InChI=1S/C14H12ClF2NO/c1-8-3-11(16)12(17)5-13(8)19-14-4-9(2)18-7-10(14)6-15/h3-5,7H,6H2,1-2H3. The summed E-state index contributed by atoms with van der Waals surface area (Å²) in [5.74, 6) is -0.856. The number of nitrogens with zero attached hydrogens (tertiary/aromatic N) is 1. The first kappa shape index (κ1) is 13.7. The Morgan fingerprint density at radius 3 is 2.47 bits per heavy atom.